The van der Waals surface area contributed by atoms with Crippen LogP contribution in [-0.4, -0.2) is 27.0 Å². The van der Waals surface area contributed by atoms with Crippen LogP contribution in [0.2, 0.25) is 0 Å². The van der Waals surface area contributed by atoms with Gasteiger partial charge >= 0.3 is 5.97 Å². The summed E-state index contributed by atoms with van der Waals surface area (Å²) in [6, 6.07) is 0. The Hall–Kier alpha value is -1.98. The first-order chi connectivity index (χ1) is 7.84. The van der Waals surface area contributed by atoms with Crippen LogP contribution in [0, 0.1) is 12.3 Å². The van der Waals surface area contributed by atoms with Crippen LogP contribution in [0.4, 0.5) is 0 Å². The monoisotopic (exact) mass is 237 g/mol. The van der Waals surface area contributed by atoms with Crippen molar-refractivity contribution in [2.24, 2.45) is 5.41 Å². The van der Waals surface area contributed by atoms with Crippen molar-refractivity contribution in [1.29, 1.82) is 0 Å². The number of carboxylic acid groups (broad SMARTS) is 1. The first-order valence-corrected chi connectivity index (χ1v) is 5.13. The Morgan fingerprint density at radius 2 is 2.00 bits per heavy atom. The van der Waals surface area contributed by atoms with Gasteiger partial charge in [-0.25, -0.2) is 0 Å². The molecule has 1 heterocycles. The largest absolute Gasteiger partial charge is 0.480 e. The number of aromatic nitrogens is 2. The molecule has 0 saturated heterocycles. The number of carbonyl (C=O) groups excluding carboxylic acids is 1. The first kappa shape index (κ1) is 13.1. The molecule has 0 unspecified atom stereocenters. The number of hydrogen-bond donors (Lipinski definition) is 2. The molecule has 0 radical (unpaired) electrons. The molecular weight excluding hydrogens is 222 g/mol. The molecule has 0 atom stereocenters. The van der Waals surface area contributed by atoms with Gasteiger partial charge in [-0.3, -0.25) is 19.6 Å². The lowest BCUT2D eigenvalue weighted by molar-refractivity contribution is -0.153. The fraction of sp³-hybridized carbons (Fsp3) is 0.455. The lowest BCUT2D eigenvalue weighted by Gasteiger charge is -2.17. The second-order valence-corrected chi connectivity index (χ2v) is 4.26. The van der Waals surface area contributed by atoms with Crippen LogP contribution < -0.4 is 5.32 Å². The molecule has 0 aliphatic heterocycles. The zero-order valence-corrected chi connectivity index (χ0v) is 10.0. The second kappa shape index (κ2) is 4.90. The van der Waals surface area contributed by atoms with Gasteiger partial charge in [0, 0.05) is 6.20 Å². The maximum atomic E-state index is 11.6. The standard InChI is InChI=1S/C11H15N3O3/c1-7-4-13-8(5-12-7)6-14-9(15)11(2,3)10(16)17/h4-5H,6H2,1-3H3,(H,14,15)(H,16,17). The maximum Gasteiger partial charge on any atom is 0.318 e. The normalized spacial score (nSPS) is 11.0. The van der Waals surface area contributed by atoms with Gasteiger partial charge in [0.1, 0.15) is 5.41 Å². The van der Waals surface area contributed by atoms with Crippen molar-refractivity contribution < 1.29 is 14.7 Å². The van der Waals surface area contributed by atoms with Crippen LogP contribution in [0.15, 0.2) is 12.4 Å². The van der Waals surface area contributed by atoms with Crippen LogP contribution in [0.5, 0.6) is 0 Å². The van der Waals surface area contributed by atoms with Crippen molar-refractivity contribution in [3.05, 3.63) is 23.8 Å². The minimum absolute atomic E-state index is 0.169. The van der Waals surface area contributed by atoms with Crippen molar-refractivity contribution in [3.8, 4) is 0 Å². The molecule has 92 valence electrons. The third kappa shape index (κ3) is 3.24. The average Bonchev–Trinajstić information content (AvgIpc) is 2.27. The highest BCUT2D eigenvalue weighted by Crippen LogP contribution is 2.15. The van der Waals surface area contributed by atoms with Crippen molar-refractivity contribution in [3.63, 3.8) is 0 Å². The molecule has 1 amide bonds. The molecule has 6 nitrogen and oxygen atoms in total. The summed E-state index contributed by atoms with van der Waals surface area (Å²) in [6.45, 7) is 4.68. The Morgan fingerprint density at radius 3 is 2.47 bits per heavy atom. The van der Waals surface area contributed by atoms with E-state index in [0.717, 1.165) is 5.69 Å². The summed E-state index contributed by atoms with van der Waals surface area (Å²) >= 11 is 0. The number of aryl methyl sites for hydroxylation is 1. The van der Waals surface area contributed by atoms with E-state index < -0.39 is 17.3 Å². The molecular formula is C11H15N3O3. The Morgan fingerprint density at radius 1 is 1.35 bits per heavy atom. The Kier molecular flexibility index (Phi) is 3.77. The lowest BCUT2D eigenvalue weighted by atomic mass is 9.93. The Bertz CT molecular complexity index is 426. The molecule has 1 rings (SSSR count). The minimum atomic E-state index is -1.45. The van der Waals surface area contributed by atoms with Gasteiger partial charge < -0.3 is 10.4 Å². The molecule has 0 bridgehead atoms. The van der Waals surface area contributed by atoms with Gasteiger partial charge in [0.15, 0.2) is 0 Å². The second-order valence-electron chi connectivity index (χ2n) is 4.26. The van der Waals surface area contributed by atoms with E-state index in [0.29, 0.717) is 5.69 Å². The third-order valence-electron chi connectivity index (χ3n) is 2.37. The Labute approximate surface area is 99.1 Å². The van der Waals surface area contributed by atoms with E-state index in [4.69, 9.17) is 5.11 Å². The van der Waals surface area contributed by atoms with E-state index in [1.165, 1.54) is 13.8 Å². The molecule has 0 fully saturated rings. The van der Waals surface area contributed by atoms with Crippen LogP contribution >= 0.6 is 0 Å². The van der Waals surface area contributed by atoms with Gasteiger partial charge in [0.2, 0.25) is 5.91 Å². The molecule has 17 heavy (non-hydrogen) atoms. The van der Waals surface area contributed by atoms with E-state index in [1.807, 2.05) is 6.92 Å². The van der Waals surface area contributed by atoms with Crippen molar-refractivity contribution in [2.75, 3.05) is 0 Å². The fourth-order valence-corrected chi connectivity index (χ4v) is 1.000. The molecule has 1 aromatic heterocycles. The molecule has 6 heteroatoms. The summed E-state index contributed by atoms with van der Waals surface area (Å²) in [5.41, 5.74) is -0.0749. The zero-order valence-electron chi connectivity index (χ0n) is 10.0. The molecule has 0 aliphatic rings. The molecule has 0 aliphatic carbocycles. The lowest BCUT2D eigenvalue weighted by Crippen LogP contribution is -2.42. The summed E-state index contributed by atoms with van der Waals surface area (Å²) in [5, 5.41) is 11.4. The highest BCUT2D eigenvalue weighted by Gasteiger charge is 2.35. The average molecular weight is 237 g/mol. The quantitative estimate of drug-likeness (QED) is 0.744. The van der Waals surface area contributed by atoms with Gasteiger partial charge in [0.05, 0.1) is 24.1 Å². The predicted octanol–water partition coefficient (Wildman–Crippen LogP) is 0.512. The van der Waals surface area contributed by atoms with Crippen LogP contribution in [-0.2, 0) is 16.1 Å². The highest BCUT2D eigenvalue weighted by molar-refractivity contribution is 6.00. The SMILES string of the molecule is Cc1cnc(CNC(=O)C(C)(C)C(=O)O)cn1. The number of carbonyl (C=O) groups is 2. The maximum absolute atomic E-state index is 11.6. The number of aliphatic carboxylic acids is 1. The number of hydrogen-bond acceptors (Lipinski definition) is 4. The van der Waals surface area contributed by atoms with Crippen LogP contribution in [0.1, 0.15) is 25.2 Å². The van der Waals surface area contributed by atoms with Crippen molar-refractivity contribution >= 4 is 11.9 Å². The fourth-order valence-electron chi connectivity index (χ4n) is 1.000. The molecule has 2 N–H and O–H groups in total. The summed E-state index contributed by atoms with van der Waals surface area (Å²) in [7, 11) is 0. The van der Waals surface area contributed by atoms with Gasteiger partial charge in [-0.15, -0.1) is 0 Å². The Balaban J connectivity index is 2.60. The minimum Gasteiger partial charge on any atom is -0.480 e. The highest BCUT2D eigenvalue weighted by atomic mass is 16.4. The van der Waals surface area contributed by atoms with Gasteiger partial charge in [-0.2, -0.15) is 0 Å². The van der Waals surface area contributed by atoms with Gasteiger partial charge in [0.25, 0.3) is 0 Å². The first-order valence-electron chi connectivity index (χ1n) is 5.13. The number of nitrogens with zero attached hydrogens (tertiary/aromatic N) is 2. The van der Waals surface area contributed by atoms with Crippen molar-refractivity contribution in [2.45, 2.75) is 27.3 Å². The smallest absolute Gasteiger partial charge is 0.318 e. The molecule has 0 aromatic carbocycles. The van der Waals surface area contributed by atoms with Gasteiger partial charge in [-0.05, 0) is 20.8 Å². The summed E-state index contributed by atoms with van der Waals surface area (Å²) in [6.07, 6.45) is 3.13. The number of carboxylic acids is 1. The molecule has 0 spiro atoms. The van der Waals surface area contributed by atoms with E-state index in [-0.39, 0.29) is 6.54 Å². The van der Waals surface area contributed by atoms with Gasteiger partial charge in [-0.1, -0.05) is 0 Å². The van der Waals surface area contributed by atoms with E-state index in [9.17, 15) is 9.59 Å². The molecule has 1 aromatic rings. The summed E-state index contributed by atoms with van der Waals surface area (Å²) in [4.78, 5) is 30.5. The van der Waals surface area contributed by atoms with Crippen LogP contribution in [0.3, 0.4) is 0 Å². The predicted molar refractivity (Wildman–Crippen MR) is 60.0 cm³/mol. The number of nitrogens with one attached hydrogen (secondary N) is 1. The third-order valence-corrected chi connectivity index (χ3v) is 2.37. The van der Waals surface area contributed by atoms with Crippen molar-refractivity contribution in [1.82, 2.24) is 15.3 Å². The molecule has 0 saturated carbocycles. The summed E-state index contributed by atoms with van der Waals surface area (Å²) in [5.74, 6) is -1.71. The van der Waals surface area contributed by atoms with E-state index >= 15 is 0 Å². The zero-order chi connectivity index (χ0) is 13.1. The number of amides is 1. The topological polar surface area (TPSA) is 92.2 Å². The van der Waals surface area contributed by atoms with E-state index in [2.05, 4.69) is 15.3 Å². The summed E-state index contributed by atoms with van der Waals surface area (Å²) < 4.78 is 0. The van der Waals surface area contributed by atoms with E-state index in [1.54, 1.807) is 12.4 Å². The van der Waals surface area contributed by atoms with Crippen LogP contribution in [0.25, 0.3) is 0 Å². The number of rotatable bonds is 4.